The first-order chi connectivity index (χ1) is 9.65. The zero-order chi connectivity index (χ0) is 14.8. The minimum atomic E-state index is -0.489. The Kier molecular flexibility index (Phi) is 7.64. The molecular weight excluding hydrogens is 260 g/mol. The molecule has 4 N–H and O–H groups in total. The molecule has 0 aromatic heterocycles. The van der Waals surface area contributed by atoms with Crippen LogP contribution in [0.1, 0.15) is 22.3 Å². The van der Waals surface area contributed by atoms with E-state index in [2.05, 4.69) is 0 Å². The van der Waals surface area contributed by atoms with Crippen LogP contribution in [0.2, 0.25) is 0 Å². The molecule has 0 aliphatic carbocycles. The maximum absolute atomic E-state index is 11.0. The number of methoxy groups -OCH3 is 1. The van der Waals surface area contributed by atoms with Crippen LogP contribution in [0, 0.1) is 0 Å². The molecule has 0 unspecified atom stereocenters. The molecule has 0 aliphatic heterocycles. The summed E-state index contributed by atoms with van der Waals surface area (Å²) in [6, 6.07) is 4.96. The van der Waals surface area contributed by atoms with Crippen LogP contribution in [-0.2, 0) is 20.8 Å². The molecule has 1 aromatic rings. The minimum absolute atomic E-state index is 0.401. The number of nitrogens with two attached hydrogens (primary N) is 2. The molecule has 0 saturated carbocycles. The maximum atomic E-state index is 11.0. The van der Waals surface area contributed by atoms with Crippen molar-refractivity contribution in [2.75, 3.05) is 39.3 Å². The summed E-state index contributed by atoms with van der Waals surface area (Å²) >= 11 is 0. The van der Waals surface area contributed by atoms with Gasteiger partial charge in [0.1, 0.15) is 0 Å². The van der Waals surface area contributed by atoms with Gasteiger partial charge in [-0.1, -0.05) is 6.07 Å². The smallest absolute Gasteiger partial charge is 0.248 e. The normalized spacial score (nSPS) is 10.7. The zero-order valence-electron chi connectivity index (χ0n) is 11.8. The molecule has 1 aromatic carbocycles. The number of rotatable bonds is 10. The van der Waals surface area contributed by atoms with Gasteiger partial charge in [0.2, 0.25) is 5.91 Å². The summed E-state index contributed by atoms with van der Waals surface area (Å²) in [7, 11) is 1.64. The van der Waals surface area contributed by atoms with E-state index >= 15 is 0 Å². The largest absolute Gasteiger partial charge is 0.398 e. The van der Waals surface area contributed by atoms with Crippen molar-refractivity contribution >= 4 is 11.6 Å². The molecule has 0 aliphatic rings. The standard InChI is InChI=1S/C14H22N2O4/c1-18-7-8-19-5-2-6-20-10-12-4-3-11(14(16)17)9-13(12)15/h3-4,9H,2,5-8,10,15H2,1H3,(H2,16,17). The van der Waals surface area contributed by atoms with E-state index in [-0.39, 0.29) is 0 Å². The Hall–Kier alpha value is -1.63. The van der Waals surface area contributed by atoms with Crippen LogP contribution in [0.4, 0.5) is 5.69 Å². The highest BCUT2D eigenvalue weighted by Crippen LogP contribution is 2.15. The van der Waals surface area contributed by atoms with Crippen LogP contribution >= 0.6 is 0 Å². The van der Waals surface area contributed by atoms with E-state index in [9.17, 15) is 4.79 Å². The van der Waals surface area contributed by atoms with Gasteiger partial charge < -0.3 is 25.7 Å². The van der Waals surface area contributed by atoms with Crippen molar-refractivity contribution in [3.8, 4) is 0 Å². The number of nitrogen functional groups attached to an aromatic ring is 1. The summed E-state index contributed by atoms with van der Waals surface area (Å²) in [5.74, 6) is -0.489. The maximum Gasteiger partial charge on any atom is 0.248 e. The van der Waals surface area contributed by atoms with Gasteiger partial charge in [-0.15, -0.1) is 0 Å². The first-order valence-electron chi connectivity index (χ1n) is 6.47. The van der Waals surface area contributed by atoms with Crippen molar-refractivity contribution in [3.63, 3.8) is 0 Å². The van der Waals surface area contributed by atoms with Gasteiger partial charge in [-0.2, -0.15) is 0 Å². The number of primary amides is 1. The lowest BCUT2D eigenvalue weighted by Gasteiger charge is -2.08. The summed E-state index contributed by atoms with van der Waals surface area (Å²) < 4.78 is 15.7. The second-order valence-electron chi connectivity index (χ2n) is 4.29. The fraction of sp³-hybridized carbons (Fsp3) is 0.500. The number of benzene rings is 1. The molecule has 0 bridgehead atoms. The highest BCUT2D eigenvalue weighted by molar-refractivity contribution is 5.93. The SMILES string of the molecule is COCCOCCCOCc1ccc(C(N)=O)cc1N. The molecule has 6 heteroatoms. The van der Waals surface area contributed by atoms with Gasteiger partial charge in [-0.25, -0.2) is 0 Å². The quantitative estimate of drug-likeness (QED) is 0.491. The topological polar surface area (TPSA) is 96.8 Å². The predicted octanol–water partition coefficient (Wildman–Crippen LogP) is 0.937. The van der Waals surface area contributed by atoms with Crippen molar-refractivity contribution in [1.29, 1.82) is 0 Å². The van der Waals surface area contributed by atoms with Gasteiger partial charge in [0, 0.05) is 37.1 Å². The highest BCUT2D eigenvalue weighted by Gasteiger charge is 2.04. The van der Waals surface area contributed by atoms with Gasteiger partial charge in [-0.3, -0.25) is 4.79 Å². The lowest BCUT2D eigenvalue weighted by Crippen LogP contribution is -2.12. The molecule has 20 heavy (non-hydrogen) atoms. The number of amides is 1. The van der Waals surface area contributed by atoms with E-state index in [0.717, 1.165) is 12.0 Å². The first-order valence-corrected chi connectivity index (χ1v) is 6.47. The van der Waals surface area contributed by atoms with Crippen LogP contribution in [0.3, 0.4) is 0 Å². The number of carbonyl (C=O) groups excluding carboxylic acids is 1. The summed E-state index contributed by atoms with van der Waals surface area (Å²) in [4.78, 5) is 11.0. The van der Waals surface area contributed by atoms with Crippen molar-refractivity contribution < 1.29 is 19.0 Å². The Morgan fingerprint density at radius 2 is 1.90 bits per heavy atom. The van der Waals surface area contributed by atoms with Crippen LogP contribution in [0.15, 0.2) is 18.2 Å². The van der Waals surface area contributed by atoms with Gasteiger partial charge in [-0.05, 0) is 18.6 Å². The molecule has 0 fully saturated rings. The Morgan fingerprint density at radius 1 is 1.15 bits per heavy atom. The zero-order valence-corrected chi connectivity index (χ0v) is 11.8. The third kappa shape index (κ3) is 6.01. The number of carbonyl (C=O) groups is 1. The van der Waals surface area contributed by atoms with Crippen molar-refractivity contribution in [3.05, 3.63) is 29.3 Å². The number of hydrogen-bond donors (Lipinski definition) is 2. The fourth-order valence-corrected chi connectivity index (χ4v) is 1.57. The molecule has 0 saturated heterocycles. The Labute approximate surface area is 119 Å². The van der Waals surface area contributed by atoms with E-state index in [1.54, 1.807) is 25.3 Å². The van der Waals surface area contributed by atoms with E-state index in [0.29, 0.717) is 44.3 Å². The Bertz CT molecular complexity index is 424. The average molecular weight is 282 g/mol. The molecule has 1 rings (SSSR count). The monoisotopic (exact) mass is 282 g/mol. The Morgan fingerprint density at radius 3 is 2.55 bits per heavy atom. The Balaban J connectivity index is 2.20. The summed E-state index contributed by atoms with van der Waals surface area (Å²) in [5.41, 5.74) is 12.8. The predicted molar refractivity (Wildman–Crippen MR) is 76.3 cm³/mol. The third-order valence-electron chi connectivity index (χ3n) is 2.70. The van der Waals surface area contributed by atoms with Crippen LogP contribution in [0.5, 0.6) is 0 Å². The minimum Gasteiger partial charge on any atom is -0.398 e. The van der Waals surface area contributed by atoms with Crippen molar-refractivity contribution in [2.45, 2.75) is 13.0 Å². The second-order valence-corrected chi connectivity index (χ2v) is 4.29. The second kappa shape index (κ2) is 9.30. The summed E-state index contributed by atoms with van der Waals surface area (Å²) in [5, 5.41) is 0. The molecule has 112 valence electrons. The number of anilines is 1. The van der Waals surface area contributed by atoms with E-state index in [1.165, 1.54) is 0 Å². The van der Waals surface area contributed by atoms with Gasteiger partial charge >= 0.3 is 0 Å². The van der Waals surface area contributed by atoms with E-state index < -0.39 is 5.91 Å². The van der Waals surface area contributed by atoms with Crippen molar-refractivity contribution in [2.24, 2.45) is 5.73 Å². The molecular formula is C14H22N2O4. The fourth-order valence-electron chi connectivity index (χ4n) is 1.57. The lowest BCUT2D eigenvalue weighted by atomic mass is 10.1. The average Bonchev–Trinajstić information content (AvgIpc) is 2.43. The van der Waals surface area contributed by atoms with E-state index in [4.69, 9.17) is 25.7 Å². The van der Waals surface area contributed by atoms with Crippen LogP contribution in [0.25, 0.3) is 0 Å². The molecule has 1 amide bonds. The molecule has 0 spiro atoms. The highest BCUT2D eigenvalue weighted by atomic mass is 16.5. The number of hydrogen-bond acceptors (Lipinski definition) is 5. The van der Waals surface area contributed by atoms with Gasteiger partial charge in [0.05, 0.1) is 19.8 Å². The van der Waals surface area contributed by atoms with E-state index in [1.807, 2.05) is 0 Å². The molecule has 0 heterocycles. The first kappa shape index (κ1) is 16.4. The van der Waals surface area contributed by atoms with Gasteiger partial charge in [0.15, 0.2) is 0 Å². The molecule has 0 radical (unpaired) electrons. The van der Waals surface area contributed by atoms with Crippen LogP contribution in [-0.4, -0.2) is 39.4 Å². The third-order valence-corrected chi connectivity index (χ3v) is 2.70. The summed E-state index contributed by atoms with van der Waals surface area (Å²) in [6.45, 7) is 2.83. The van der Waals surface area contributed by atoms with Crippen LogP contribution < -0.4 is 11.5 Å². The molecule has 6 nitrogen and oxygen atoms in total. The lowest BCUT2D eigenvalue weighted by molar-refractivity contribution is 0.0484. The summed E-state index contributed by atoms with van der Waals surface area (Å²) in [6.07, 6.45) is 0.809. The number of ether oxygens (including phenoxy) is 3. The van der Waals surface area contributed by atoms with Crippen molar-refractivity contribution in [1.82, 2.24) is 0 Å². The van der Waals surface area contributed by atoms with Gasteiger partial charge in [0.25, 0.3) is 0 Å². The molecule has 0 atom stereocenters.